The van der Waals surface area contributed by atoms with E-state index >= 15 is 0 Å². The number of tetrazole rings is 1. The second-order valence-electron chi connectivity index (χ2n) is 6.75. The van der Waals surface area contributed by atoms with Crippen molar-refractivity contribution in [2.75, 3.05) is 7.11 Å². The molecule has 2 aromatic heterocycles. The number of ether oxygens (including phenoxy) is 1. The number of aliphatic hydroxyl groups excluding tert-OH is 1. The molecule has 4 rings (SSSR count). The number of hydrogen-bond donors (Lipinski definition) is 3. The molecule has 3 N–H and O–H groups in total. The fourth-order valence-corrected chi connectivity index (χ4v) is 3.44. The highest BCUT2D eigenvalue weighted by molar-refractivity contribution is 6.00. The monoisotopic (exact) mass is 380 g/mol. The average Bonchev–Trinajstić information content (AvgIpc) is 3.25. The Hall–Kier alpha value is -3.33. The molecular formula is C19H20N6O3. The number of aliphatic hydroxyl groups is 1. The maximum Gasteiger partial charge on any atom is 0.252 e. The summed E-state index contributed by atoms with van der Waals surface area (Å²) in [7, 11) is 1.55. The summed E-state index contributed by atoms with van der Waals surface area (Å²) in [4.78, 5) is 17.3. The predicted molar refractivity (Wildman–Crippen MR) is 99.3 cm³/mol. The Bertz CT molecular complexity index is 939. The Morgan fingerprint density at radius 1 is 1.29 bits per heavy atom. The number of benzene rings is 1. The molecule has 0 bridgehead atoms. The molecule has 1 aromatic carbocycles. The number of nitrogens with one attached hydrogen (secondary N) is 2. The van der Waals surface area contributed by atoms with Gasteiger partial charge in [-0.2, -0.15) is 5.21 Å². The number of amides is 1. The number of nitrogens with zero attached hydrogens (tertiary/aromatic N) is 4. The predicted octanol–water partition coefficient (Wildman–Crippen LogP) is 1.51. The maximum atomic E-state index is 13.1. The van der Waals surface area contributed by atoms with Gasteiger partial charge in [-0.05, 0) is 35.6 Å². The number of pyridine rings is 1. The molecule has 1 atom stereocenters. The highest BCUT2D eigenvalue weighted by Gasteiger charge is 2.36. The van der Waals surface area contributed by atoms with E-state index in [9.17, 15) is 9.90 Å². The van der Waals surface area contributed by atoms with Crippen LogP contribution in [-0.2, 0) is 0 Å². The summed E-state index contributed by atoms with van der Waals surface area (Å²) in [5, 5.41) is 26.8. The summed E-state index contributed by atoms with van der Waals surface area (Å²) < 4.78 is 5.11. The standard InChI is InChI=1S/C19H20N6O3/c1-28-16-7-6-11(10-20-16)17(12-8-13(26)9-12)21-19(27)15-5-3-2-4-14(15)18-22-24-25-23-18/h2-7,10,12-13,17,26H,8-9H2,1H3,(H,21,27)(H,22,23,24,25)/t12?,13?,17-/m1/s1. The number of hydrogen-bond acceptors (Lipinski definition) is 7. The summed E-state index contributed by atoms with van der Waals surface area (Å²) in [5.41, 5.74) is 1.91. The Morgan fingerprint density at radius 2 is 2.11 bits per heavy atom. The molecule has 2 heterocycles. The van der Waals surface area contributed by atoms with Crippen LogP contribution in [0.2, 0.25) is 0 Å². The lowest BCUT2D eigenvalue weighted by atomic mass is 9.75. The van der Waals surface area contributed by atoms with Crippen molar-refractivity contribution in [3.63, 3.8) is 0 Å². The van der Waals surface area contributed by atoms with Crippen LogP contribution in [0.25, 0.3) is 11.4 Å². The van der Waals surface area contributed by atoms with Crippen LogP contribution in [-0.4, -0.2) is 49.8 Å². The van der Waals surface area contributed by atoms with Gasteiger partial charge in [-0.25, -0.2) is 4.98 Å². The molecule has 0 spiro atoms. The number of carbonyl (C=O) groups is 1. The van der Waals surface area contributed by atoms with E-state index in [2.05, 4.69) is 30.9 Å². The number of aromatic amines is 1. The first-order valence-electron chi connectivity index (χ1n) is 8.97. The molecule has 1 amide bonds. The van der Waals surface area contributed by atoms with Gasteiger partial charge in [0.1, 0.15) is 0 Å². The number of H-pyrrole nitrogens is 1. The molecule has 9 heteroatoms. The van der Waals surface area contributed by atoms with Crippen molar-refractivity contribution in [1.29, 1.82) is 0 Å². The molecule has 3 aromatic rings. The molecular weight excluding hydrogens is 360 g/mol. The first-order chi connectivity index (χ1) is 13.7. The average molecular weight is 380 g/mol. The molecule has 1 aliphatic rings. The number of rotatable bonds is 6. The second kappa shape index (κ2) is 7.73. The van der Waals surface area contributed by atoms with Crippen LogP contribution in [0.15, 0.2) is 42.6 Å². The summed E-state index contributed by atoms with van der Waals surface area (Å²) in [6.07, 6.45) is 2.62. The van der Waals surface area contributed by atoms with E-state index in [-0.39, 0.29) is 24.0 Å². The Morgan fingerprint density at radius 3 is 2.75 bits per heavy atom. The topological polar surface area (TPSA) is 126 Å². The molecule has 0 aliphatic heterocycles. The van der Waals surface area contributed by atoms with Crippen LogP contribution in [0.1, 0.15) is 34.8 Å². The summed E-state index contributed by atoms with van der Waals surface area (Å²) >= 11 is 0. The zero-order valence-electron chi connectivity index (χ0n) is 15.2. The largest absolute Gasteiger partial charge is 0.481 e. The molecule has 28 heavy (non-hydrogen) atoms. The smallest absolute Gasteiger partial charge is 0.252 e. The maximum absolute atomic E-state index is 13.1. The van der Waals surface area contributed by atoms with Gasteiger partial charge in [0, 0.05) is 17.8 Å². The van der Waals surface area contributed by atoms with Crippen LogP contribution in [0, 0.1) is 5.92 Å². The van der Waals surface area contributed by atoms with Crippen molar-refractivity contribution in [3.8, 4) is 17.3 Å². The van der Waals surface area contributed by atoms with Gasteiger partial charge in [-0.1, -0.05) is 24.3 Å². The third kappa shape index (κ3) is 3.56. The molecule has 144 valence electrons. The molecule has 1 saturated carbocycles. The zero-order valence-corrected chi connectivity index (χ0v) is 15.2. The van der Waals surface area contributed by atoms with Gasteiger partial charge in [-0.3, -0.25) is 4.79 Å². The molecule has 0 radical (unpaired) electrons. The summed E-state index contributed by atoms with van der Waals surface area (Å²) in [5.74, 6) is 0.742. The fraction of sp³-hybridized carbons (Fsp3) is 0.316. The number of methoxy groups -OCH3 is 1. The van der Waals surface area contributed by atoms with Crippen LogP contribution in [0.4, 0.5) is 0 Å². The van der Waals surface area contributed by atoms with Crippen molar-refractivity contribution < 1.29 is 14.6 Å². The van der Waals surface area contributed by atoms with Crippen LogP contribution in [0.5, 0.6) is 5.88 Å². The number of aromatic nitrogens is 5. The van der Waals surface area contributed by atoms with Crippen molar-refractivity contribution in [2.45, 2.75) is 25.0 Å². The van der Waals surface area contributed by atoms with Gasteiger partial charge < -0.3 is 15.2 Å². The van der Waals surface area contributed by atoms with E-state index in [1.807, 2.05) is 12.1 Å². The molecule has 1 fully saturated rings. The van der Waals surface area contributed by atoms with E-state index in [1.54, 1.807) is 37.6 Å². The van der Waals surface area contributed by atoms with Crippen molar-refractivity contribution >= 4 is 5.91 Å². The Kier molecular flexibility index (Phi) is 4.98. The van der Waals surface area contributed by atoms with Gasteiger partial charge in [0.25, 0.3) is 5.91 Å². The van der Waals surface area contributed by atoms with E-state index in [0.717, 1.165) is 5.56 Å². The van der Waals surface area contributed by atoms with E-state index in [1.165, 1.54) is 0 Å². The summed E-state index contributed by atoms with van der Waals surface area (Å²) in [6, 6.07) is 10.5. The third-order valence-electron chi connectivity index (χ3n) is 4.99. The molecule has 0 unspecified atom stereocenters. The van der Waals surface area contributed by atoms with Crippen LogP contribution in [0.3, 0.4) is 0 Å². The number of carbonyl (C=O) groups excluding carboxylic acids is 1. The van der Waals surface area contributed by atoms with Crippen molar-refractivity contribution in [1.82, 2.24) is 30.9 Å². The van der Waals surface area contributed by atoms with Gasteiger partial charge in [-0.15, -0.1) is 10.2 Å². The Balaban J connectivity index is 1.61. The first kappa shape index (κ1) is 18.1. The highest BCUT2D eigenvalue weighted by atomic mass is 16.5. The lowest BCUT2D eigenvalue weighted by Gasteiger charge is -2.38. The molecule has 0 saturated heterocycles. The first-order valence-corrected chi connectivity index (χ1v) is 8.97. The van der Waals surface area contributed by atoms with Crippen molar-refractivity contribution in [2.24, 2.45) is 5.92 Å². The quantitative estimate of drug-likeness (QED) is 0.592. The van der Waals surface area contributed by atoms with Crippen LogP contribution >= 0.6 is 0 Å². The van der Waals surface area contributed by atoms with E-state index < -0.39 is 0 Å². The fourth-order valence-electron chi connectivity index (χ4n) is 3.44. The van der Waals surface area contributed by atoms with E-state index in [0.29, 0.717) is 35.7 Å². The normalized spacial score (nSPS) is 19.5. The minimum atomic E-state index is -0.331. The zero-order chi connectivity index (χ0) is 19.5. The lowest BCUT2D eigenvalue weighted by Crippen LogP contribution is -2.41. The lowest BCUT2D eigenvalue weighted by molar-refractivity contribution is 0.0234. The summed E-state index contributed by atoms with van der Waals surface area (Å²) in [6.45, 7) is 0. The molecule has 9 nitrogen and oxygen atoms in total. The SMILES string of the molecule is COc1ccc([C@@H](NC(=O)c2ccccc2-c2nn[nH]n2)C2CC(O)C2)cn1. The third-order valence-corrected chi connectivity index (χ3v) is 4.99. The van der Waals surface area contributed by atoms with Gasteiger partial charge in [0.2, 0.25) is 11.7 Å². The minimum Gasteiger partial charge on any atom is -0.481 e. The van der Waals surface area contributed by atoms with Gasteiger partial charge >= 0.3 is 0 Å². The van der Waals surface area contributed by atoms with Crippen LogP contribution < -0.4 is 10.1 Å². The highest BCUT2D eigenvalue weighted by Crippen LogP contribution is 2.38. The van der Waals surface area contributed by atoms with E-state index in [4.69, 9.17) is 4.74 Å². The second-order valence-corrected chi connectivity index (χ2v) is 6.75. The Labute approximate surface area is 161 Å². The van der Waals surface area contributed by atoms with Crippen molar-refractivity contribution in [3.05, 3.63) is 53.7 Å². The minimum absolute atomic E-state index is 0.131. The van der Waals surface area contributed by atoms with Gasteiger partial charge in [0.05, 0.1) is 24.8 Å². The van der Waals surface area contributed by atoms with Gasteiger partial charge in [0.15, 0.2) is 0 Å². The molecule has 1 aliphatic carbocycles.